The molecule has 6 nitrogen and oxygen atoms in total. The Balaban J connectivity index is 2.13. The zero-order valence-electron chi connectivity index (χ0n) is 13.7. The molecule has 24 heavy (non-hydrogen) atoms. The van der Waals surface area contributed by atoms with Gasteiger partial charge in [-0.25, -0.2) is 9.00 Å². The van der Waals surface area contributed by atoms with Gasteiger partial charge in [-0.2, -0.15) is 0 Å². The van der Waals surface area contributed by atoms with Crippen molar-refractivity contribution in [3.8, 4) is 0 Å². The number of ether oxygens (including phenoxy) is 2. The molecule has 1 aliphatic rings. The lowest BCUT2D eigenvalue weighted by Crippen LogP contribution is -2.31. The fourth-order valence-electron chi connectivity index (χ4n) is 2.06. The molecule has 0 radical (unpaired) electrons. The molecular formula is C16H21NO5S2. The van der Waals surface area contributed by atoms with Crippen molar-refractivity contribution >= 4 is 38.4 Å². The van der Waals surface area contributed by atoms with Gasteiger partial charge in [0.1, 0.15) is 0 Å². The minimum Gasteiger partial charge on any atom is -0.464 e. The number of esters is 1. The Labute approximate surface area is 146 Å². The molecule has 2 rings (SSSR count). The molecule has 0 saturated carbocycles. The van der Waals surface area contributed by atoms with Crippen LogP contribution in [0, 0.1) is 6.92 Å². The summed E-state index contributed by atoms with van der Waals surface area (Å²) in [6.45, 7) is 2.93. The number of carbonyl (C=O) groups excluding carboxylic acids is 1. The van der Waals surface area contributed by atoms with Crippen molar-refractivity contribution in [3.05, 3.63) is 29.8 Å². The molecule has 0 spiro atoms. The summed E-state index contributed by atoms with van der Waals surface area (Å²) in [7, 11) is -1.70. The summed E-state index contributed by atoms with van der Waals surface area (Å²) in [5.74, 6) is 2.97. The first-order chi connectivity index (χ1) is 11.4. The Hall–Kier alpha value is -1.51. The number of methoxy groups -OCH3 is 1. The van der Waals surface area contributed by atoms with E-state index in [4.69, 9.17) is 13.8 Å². The largest absolute Gasteiger partial charge is 0.464 e. The Morgan fingerprint density at radius 1 is 1.42 bits per heavy atom. The maximum absolute atomic E-state index is 12.6. The van der Waals surface area contributed by atoms with Crippen LogP contribution < -0.4 is 0 Å². The quantitative estimate of drug-likeness (QED) is 0.202. The molecule has 0 aromatic heterocycles. The lowest BCUT2D eigenvalue weighted by Gasteiger charge is -2.23. The van der Waals surface area contributed by atoms with Gasteiger partial charge < -0.3 is 13.8 Å². The first-order valence-electron chi connectivity index (χ1n) is 7.45. The molecule has 0 N–H and O–H groups in total. The maximum Gasteiger partial charge on any atom is 0.367 e. The van der Waals surface area contributed by atoms with E-state index in [2.05, 4.69) is 11.0 Å². The number of hydrogen-bond acceptors (Lipinski definition) is 7. The molecule has 1 aromatic rings. The summed E-state index contributed by atoms with van der Waals surface area (Å²) in [5, 5.41) is 3.40. The van der Waals surface area contributed by atoms with E-state index in [0.29, 0.717) is 19.6 Å². The van der Waals surface area contributed by atoms with Crippen LogP contribution in [-0.2, 0) is 28.4 Å². The minimum atomic E-state index is -2.95. The van der Waals surface area contributed by atoms with Gasteiger partial charge in [-0.1, -0.05) is 34.6 Å². The van der Waals surface area contributed by atoms with Crippen molar-refractivity contribution in [2.75, 3.05) is 20.3 Å². The number of aryl methyl sites for hydroxylation is 1. The van der Waals surface area contributed by atoms with Crippen LogP contribution in [0.3, 0.4) is 0 Å². The van der Waals surface area contributed by atoms with Gasteiger partial charge in [0.2, 0.25) is 5.04 Å². The van der Waals surface area contributed by atoms with Gasteiger partial charge in [0.05, 0.1) is 19.0 Å². The van der Waals surface area contributed by atoms with E-state index in [1.807, 2.05) is 31.2 Å². The van der Waals surface area contributed by atoms with Crippen LogP contribution in [-0.4, -0.2) is 46.7 Å². The summed E-state index contributed by atoms with van der Waals surface area (Å²) >= 11 is 1.08. The number of benzene rings is 1. The SMILES string of the molecule is C=S(=O)(O/N=C(\Sc1ccc(C)cc1)C(=O)OC)C1CCCOC1. The summed E-state index contributed by atoms with van der Waals surface area (Å²) < 4.78 is 27.7. The number of carbonyl (C=O) groups is 1. The Kier molecular flexibility index (Phi) is 6.70. The zero-order chi connectivity index (χ0) is 17.6. The average molecular weight is 371 g/mol. The third-order valence-corrected chi connectivity index (χ3v) is 6.13. The van der Waals surface area contributed by atoms with Crippen LogP contribution in [0.25, 0.3) is 0 Å². The van der Waals surface area contributed by atoms with Gasteiger partial charge in [0.25, 0.3) is 0 Å². The second-order valence-electron chi connectivity index (χ2n) is 5.38. The highest BCUT2D eigenvalue weighted by molar-refractivity contribution is 8.15. The number of hydrogen-bond donors (Lipinski definition) is 0. The Morgan fingerprint density at radius 2 is 2.12 bits per heavy atom. The van der Waals surface area contributed by atoms with Crippen molar-refractivity contribution in [1.29, 1.82) is 0 Å². The highest BCUT2D eigenvalue weighted by Gasteiger charge is 2.25. The summed E-state index contributed by atoms with van der Waals surface area (Å²) in [4.78, 5) is 12.7. The lowest BCUT2D eigenvalue weighted by molar-refractivity contribution is -0.132. The highest BCUT2D eigenvalue weighted by Crippen LogP contribution is 2.22. The van der Waals surface area contributed by atoms with E-state index in [9.17, 15) is 9.00 Å². The predicted molar refractivity (Wildman–Crippen MR) is 96.7 cm³/mol. The second-order valence-corrected chi connectivity index (χ2v) is 8.58. The topological polar surface area (TPSA) is 74.2 Å². The van der Waals surface area contributed by atoms with Crippen LogP contribution in [0.15, 0.2) is 34.3 Å². The van der Waals surface area contributed by atoms with Crippen molar-refractivity contribution in [2.24, 2.45) is 5.16 Å². The molecule has 1 heterocycles. The molecule has 0 aliphatic carbocycles. The van der Waals surface area contributed by atoms with Crippen LogP contribution in [0.1, 0.15) is 18.4 Å². The zero-order valence-corrected chi connectivity index (χ0v) is 15.4. The molecule has 1 aliphatic heterocycles. The normalized spacial score (nSPS) is 20.9. The molecule has 2 unspecified atom stereocenters. The van der Waals surface area contributed by atoms with Gasteiger partial charge in [-0.3, -0.25) is 0 Å². The van der Waals surface area contributed by atoms with E-state index >= 15 is 0 Å². The fourth-order valence-corrected chi connectivity index (χ4v) is 3.99. The molecule has 0 bridgehead atoms. The van der Waals surface area contributed by atoms with Crippen LogP contribution in [0.4, 0.5) is 0 Å². The van der Waals surface area contributed by atoms with Crippen molar-refractivity contribution < 1.29 is 22.8 Å². The molecule has 8 heteroatoms. The van der Waals surface area contributed by atoms with Gasteiger partial charge in [-0.15, -0.1) is 0 Å². The van der Waals surface area contributed by atoms with E-state index in [-0.39, 0.29) is 10.3 Å². The number of thioether (sulfide) groups is 1. The number of nitrogens with zero attached hydrogens (tertiary/aromatic N) is 1. The van der Waals surface area contributed by atoms with Gasteiger partial charge in [0, 0.05) is 11.5 Å². The van der Waals surface area contributed by atoms with Gasteiger partial charge >= 0.3 is 5.97 Å². The fraction of sp³-hybridized carbons (Fsp3) is 0.438. The van der Waals surface area contributed by atoms with Crippen LogP contribution >= 0.6 is 11.8 Å². The monoisotopic (exact) mass is 371 g/mol. The molecule has 1 fully saturated rings. The van der Waals surface area contributed by atoms with Crippen molar-refractivity contribution in [2.45, 2.75) is 29.9 Å². The predicted octanol–water partition coefficient (Wildman–Crippen LogP) is 2.40. The molecule has 132 valence electrons. The Bertz CT molecular complexity index is 692. The molecule has 1 saturated heterocycles. The second kappa shape index (κ2) is 8.55. The summed E-state index contributed by atoms with van der Waals surface area (Å²) in [6, 6.07) is 7.55. The lowest BCUT2D eigenvalue weighted by atomic mass is 10.2. The Morgan fingerprint density at radius 3 is 2.71 bits per heavy atom. The van der Waals surface area contributed by atoms with E-state index in [0.717, 1.165) is 28.6 Å². The molecular weight excluding hydrogens is 350 g/mol. The smallest absolute Gasteiger partial charge is 0.367 e. The summed E-state index contributed by atoms with van der Waals surface area (Å²) in [5.41, 5.74) is 1.10. The van der Waals surface area contributed by atoms with Gasteiger partial charge in [0.15, 0.2) is 9.80 Å². The first-order valence-corrected chi connectivity index (χ1v) is 9.99. The van der Waals surface area contributed by atoms with Crippen LogP contribution in [0.2, 0.25) is 0 Å². The number of oxime groups is 1. The van der Waals surface area contributed by atoms with E-state index in [1.165, 1.54) is 7.11 Å². The third-order valence-electron chi connectivity index (χ3n) is 3.47. The summed E-state index contributed by atoms with van der Waals surface area (Å²) in [6.07, 6.45) is 1.49. The van der Waals surface area contributed by atoms with E-state index in [1.54, 1.807) is 0 Å². The molecule has 0 amide bonds. The molecule has 2 atom stereocenters. The first kappa shape index (κ1) is 18.8. The average Bonchev–Trinajstić information content (AvgIpc) is 2.60. The number of rotatable bonds is 4. The van der Waals surface area contributed by atoms with Crippen LogP contribution in [0.5, 0.6) is 0 Å². The van der Waals surface area contributed by atoms with E-state index < -0.39 is 15.8 Å². The van der Waals surface area contributed by atoms with Gasteiger partial charge in [-0.05, 0) is 37.8 Å². The van der Waals surface area contributed by atoms with Crippen molar-refractivity contribution in [1.82, 2.24) is 0 Å². The molecule has 1 aromatic carbocycles. The standard InChI is InChI=1S/C16H21NO5S2/c1-12-6-8-13(9-7-12)23-15(16(18)20-2)17-22-24(3,19)14-5-4-10-21-11-14/h6-9,14H,3-5,10-11H2,1-2H3/b17-15-. The highest BCUT2D eigenvalue weighted by atomic mass is 32.2. The maximum atomic E-state index is 12.6. The van der Waals surface area contributed by atoms with Crippen molar-refractivity contribution in [3.63, 3.8) is 0 Å². The third kappa shape index (κ3) is 5.25. The minimum absolute atomic E-state index is 0.0329.